The third-order valence-electron chi connectivity index (χ3n) is 3.89. The number of pyridine rings is 2. The predicted molar refractivity (Wildman–Crippen MR) is 96.7 cm³/mol. The van der Waals surface area contributed by atoms with Gasteiger partial charge in [0, 0.05) is 56.2 Å². The zero-order valence-electron chi connectivity index (χ0n) is 15.0. The molecule has 2 aromatic heterocycles. The topological polar surface area (TPSA) is 92.6 Å². The zero-order valence-corrected chi connectivity index (χ0v) is 15.7. The lowest BCUT2D eigenvalue weighted by molar-refractivity contribution is -0.192. The average molecular weight is 432 g/mol. The normalized spacial score (nSPS) is 14.6. The van der Waals surface area contributed by atoms with Gasteiger partial charge in [0.1, 0.15) is 6.10 Å². The molecule has 2 aromatic rings. The van der Waals surface area contributed by atoms with Crippen LogP contribution in [0.3, 0.4) is 0 Å². The van der Waals surface area contributed by atoms with Gasteiger partial charge in [-0.3, -0.25) is 9.78 Å². The molecule has 156 valence electrons. The van der Waals surface area contributed by atoms with Crippen LogP contribution < -0.4 is 4.74 Å². The molecular weight excluding hydrogens is 415 g/mol. The monoisotopic (exact) mass is 431 g/mol. The second-order valence-corrected chi connectivity index (χ2v) is 6.40. The largest absolute Gasteiger partial charge is 0.490 e. The van der Waals surface area contributed by atoms with E-state index < -0.39 is 12.1 Å². The van der Waals surface area contributed by atoms with E-state index in [-0.39, 0.29) is 12.0 Å². The Labute approximate surface area is 169 Å². The lowest BCUT2D eigenvalue weighted by Gasteiger charge is -2.32. The molecule has 29 heavy (non-hydrogen) atoms. The molecule has 0 bridgehead atoms. The van der Waals surface area contributed by atoms with Crippen LogP contribution >= 0.6 is 11.6 Å². The van der Waals surface area contributed by atoms with Crippen molar-refractivity contribution < 1.29 is 32.6 Å². The molecule has 1 amide bonds. The molecule has 1 aliphatic heterocycles. The molecule has 0 atom stereocenters. The lowest BCUT2D eigenvalue weighted by Crippen LogP contribution is -2.41. The van der Waals surface area contributed by atoms with Crippen LogP contribution in [0.25, 0.3) is 0 Å². The number of piperidine rings is 1. The van der Waals surface area contributed by atoms with E-state index in [0.29, 0.717) is 29.6 Å². The number of rotatable bonds is 3. The fraction of sp³-hybridized carbons (Fsp3) is 0.333. The first kappa shape index (κ1) is 22.4. The van der Waals surface area contributed by atoms with Gasteiger partial charge in [-0.1, -0.05) is 11.6 Å². The summed E-state index contributed by atoms with van der Waals surface area (Å²) in [7, 11) is 0. The molecule has 1 saturated heterocycles. The molecule has 11 heteroatoms. The minimum Gasteiger partial charge on any atom is -0.475 e. The van der Waals surface area contributed by atoms with Crippen LogP contribution in [-0.4, -0.2) is 57.2 Å². The highest BCUT2D eigenvalue weighted by molar-refractivity contribution is 6.30. The van der Waals surface area contributed by atoms with E-state index in [2.05, 4.69) is 9.97 Å². The number of amides is 1. The fourth-order valence-corrected chi connectivity index (χ4v) is 2.57. The van der Waals surface area contributed by atoms with Gasteiger partial charge in [-0.25, -0.2) is 9.78 Å². The van der Waals surface area contributed by atoms with Crippen LogP contribution in [0.2, 0.25) is 5.02 Å². The number of alkyl halides is 3. The van der Waals surface area contributed by atoms with Crippen molar-refractivity contribution in [2.24, 2.45) is 0 Å². The van der Waals surface area contributed by atoms with E-state index in [1.54, 1.807) is 42.9 Å². The number of carbonyl (C=O) groups is 2. The van der Waals surface area contributed by atoms with Gasteiger partial charge in [0.15, 0.2) is 0 Å². The van der Waals surface area contributed by atoms with Gasteiger partial charge in [-0.15, -0.1) is 0 Å². The van der Waals surface area contributed by atoms with Gasteiger partial charge in [0.2, 0.25) is 5.88 Å². The number of hydrogen-bond donors (Lipinski definition) is 1. The Balaban J connectivity index is 0.000000370. The van der Waals surface area contributed by atoms with E-state index in [0.717, 1.165) is 12.8 Å². The minimum atomic E-state index is -5.08. The van der Waals surface area contributed by atoms with Gasteiger partial charge in [0.05, 0.1) is 5.02 Å². The molecule has 0 unspecified atom stereocenters. The van der Waals surface area contributed by atoms with Crippen LogP contribution in [0.5, 0.6) is 5.88 Å². The van der Waals surface area contributed by atoms with Crippen molar-refractivity contribution in [1.82, 2.24) is 14.9 Å². The van der Waals surface area contributed by atoms with E-state index in [1.807, 2.05) is 4.90 Å². The van der Waals surface area contributed by atoms with Crippen molar-refractivity contribution in [3.05, 3.63) is 53.4 Å². The highest BCUT2D eigenvalue weighted by Gasteiger charge is 2.38. The van der Waals surface area contributed by atoms with E-state index in [4.69, 9.17) is 26.2 Å². The smallest absolute Gasteiger partial charge is 0.475 e. The van der Waals surface area contributed by atoms with Gasteiger partial charge in [0.25, 0.3) is 5.91 Å². The Morgan fingerprint density at radius 2 is 1.72 bits per heavy atom. The molecule has 7 nitrogen and oxygen atoms in total. The number of aromatic nitrogens is 2. The lowest BCUT2D eigenvalue weighted by atomic mass is 10.1. The Hall–Kier alpha value is -2.88. The number of hydrogen-bond acceptors (Lipinski definition) is 5. The zero-order chi connectivity index (χ0) is 21.4. The Bertz CT molecular complexity index is 811. The number of carbonyl (C=O) groups excluding carboxylic acids is 1. The highest BCUT2D eigenvalue weighted by Crippen LogP contribution is 2.19. The van der Waals surface area contributed by atoms with Crippen LogP contribution in [0.4, 0.5) is 13.2 Å². The number of carboxylic acid groups (broad SMARTS) is 1. The SMILES string of the molecule is O=C(O)C(F)(F)F.O=C(c1ccncc1)N1CCC(Oc2ccc(Cl)cn2)CC1. The maximum Gasteiger partial charge on any atom is 0.490 e. The van der Waals surface area contributed by atoms with Gasteiger partial charge in [-0.05, 0) is 18.2 Å². The van der Waals surface area contributed by atoms with Gasteiger partial charge in [-0.2, -0.15) is 13.2 Å². The van der Waals surface area contributed by atoms with Crippen LogP contribution in [0.15, 0.2) is 42.9 Å². The Morgan fingerprint density at radius 1 is 1.14 bits per heavy atom. The van der Waals surface area contributed by atoms with Crippen LogP contribution in [-0.2, 0) is 4.79 Å². The molecule has 1 aliphatic rings. The average Bonchev–Trinajstić information content (AvgIpc) is 2.70. The fourth-order valence-electron chi connectivity index (χ4n) is 2.46. The van der Waals surface area contributed by atoms with Crippen molar-refractivity contribution in [2.75, 3.05) is 13.1 Å². The van der Waals surface area contributed by atoms with Crippen molar-refractivity contribution in [1.29, 1.82) is 0 Å². The number of aliphatic carboxylic acids is 1. The number of carboxylic acids is 1. The summed E-state index contributed by atoms with van der Waals surface area (Å²) in [6.07, 6.45) is 1.42. The van der Waals surface area contributed by atoms with Crippen molar-refractivity contribution in [2.45, 2.75) is 25.1 Å². The van der Waals surface area contributed by atoms with Gasteiger partial charge >= 0.3 is 12.1 Å². The standard InChI is InChI=1S/C16H16ClN3O2.C2HF3O2/c17-13-1-2-15(19-11-13)22-14-5-9-20(10-6-14)16(21)12-3-7-18-8-4-12;3-2(4,5)1(6)7/h1-4,7-8,11,14H,5-6,9-10H2;(H,6,7). The van der Waals surface area contributed by atoms with E-state index in [1.165, 1.54) is 0 Å². The molecule has 1 fully saturated rings. The maximum absolute atomic E-state index is 12.3. The highest BCUT2D eigenvalue weighted by atomic mass is 35.5. The molecule has 0 spiro atoms. The number of likely N-dealkylation sites (tertiary alicyclic amines) is 1. The summed E-state index contributed by atoms with van der Waals surface area (Å²) < 4.78 is 37.6. The van der Waals surface area contributed by atoms with E-state index in [9.17, 15) is 18.0 Å². The minimum absolute atomic E-state index is 0.0467. The Kier molecular flexibility index (Phi) is 7.77. The van der Waals surface area contributed by atoms with E-state index >= 15 is 0 Å². The summed E-state index contributed by atoms with van der Waals surface area (Å²) in [4.78, 5) is 31.1. The van der Waals surface area contributed by atoms with Gasteiger partial charge < -0.3 is 14.7 Å². The molecule has 0 saturated carbocycles. The molecule has 0 aliphatic carbocycles. The predicted octanol–water partition coefficient (Wildman–Crippen LogP) is 3.45. The molecule has 1 N–H and O–H groups in total. The number of nitrogens with zero attached hydrogens (tertiary/aromatic N) is 3. The second-order valence-electron chi connectivity index (χ2n) is 5.96. The first-order valence-electron chi connectivity index (χ1n) is 8.44. The summed E-state index contributed by atoms with van der Waals surface area (Å²) in [5.74, 6) is -2.14. The van der Waals surface area contributed by atoms with Crippen LogP contribution in [0.1, 0.15) is 23.2 Å². The summed E-state index contributed by atoms with van der Waals surface area (Å²) in [6.45, 7) is 1.36. The first-order chi connectivity index (χ1) is 13.7. The third kappa shape index (κ3) is 7.22. The van der Waals surface area contributed by atoms with Crippen LogP contribution in [0, 0.1) is 0 Å². The quantitative estimate of drug-likeness (QED) is 0.800. The summed E-state index contributed by atoms with van der Waals surface area (Å²) in [6, 6.07) is 6.99. The molecule has 3 heterocycles. The number of ether oxygens (including phenoxy) is 1. The van der Waals surface area contributed by atoms with Crippen molar-refractivity contribution in [3.63, 3.8) is 0 Å². The molecular formula is C18H17ClF3N3O4. The second kappa shape index (κ2) is 10.1. The molecule has 0 aromatic carbocycles. The Morgan fingerprint density at radius 3 is 2.21 bits per heavy atom. The molecule has 0 radical (unpaired) electrons. The van der Waals surface area contributed by atoms with Crippen molar-refractivity contribution in [3.8, 4) is 5.88 Å². The maximum atomic E-state index is 12.3. The summed E-state index contributed by atoms with van der Waals surface area (Å²) >= 11 is 5.80. The first-order valence-corrected chi connectivity index (χ1v) is 8.82. The van der Waals surface area contributed by atoms with Crippen molar-refractivity contribution >= 4 is 23.5 Å². The molecule has 3 rings (SSSR count). The number of halogens is 4. The summed E-state index contributed by atoms with van der Waals surface area (Å²) in [5.41, 5.74) is 0.675. The summed E-state index contributed by atoms with van der Waals surface area (Å²) in [5, 5.41) is 7.71. The third-order valence-corrected chi connectivity index (χ3v) is 4.11.